The number of fused-ring (bicyclic) bond motifs is 1. The van der Waals surface area contributed by atoms with Gasteiger partial charge < -0.3 is 15.0 Å². The van der Waals surface area contributed by atoms with Crippen molar-refractivity contribution in [3.63, 3.8) is 0 Å². The van der Waals surface area contributed by atoms with Crippen LogP contribution in [0.4, 0.5) is 23.8 Å². The molecule has 30 heavy (non-hydrogen) atoms. The molecule has 3 fully saturated rings. The molecule has 166 valence electrons. The molecule has 0 bridgehead atoms. The van der Waals surface area contributed by atoms with Crippen LogP contribution in [0.15, 0.2) is 6.07 Å². The van der Waals surface area contributed by atoms with E-state index in [4.69, 9.17) is 16.3 Å². The van der Waals surface area contributed by atoms with Gasteiger partial charge in [-0.2, -0.15) is 13.2 Å². The van der Waals surface area contributed by atoms with Gasteiger partial charge in [0.15, 0.2) is 5.15 Å². The van der Waals surface area contributed by atoms with Crippen molar-refractivity contribution in [2.24, 2.45) is 11.8 Å². The Bertz CT molecular complexity index is 824. The number of rotatable bonds is 3. The van der Waals surface area contributed by atoms with E-state index in [-0.39, 0.29) is 35.7 Å². The first-order valence-electron chi connectivity index (χ1n) is 10.2. The van der Waals surface area contributed by atoms with Crippen LogP contribution in [-0.4, -0.2) is 52.1 Å². The summed E-state index contributed by atoms with van der Waals surface area (Å²) in [4.78, 5) is 14.0. The summed E-state index contributed by atoms with van der Waals surface area (Å²) in [6.07, 6.45) is -2.98. The summed E-state index contributed by atoms with van der Waals surface area (Å²) >= 11 is 5.96. The van der Waals surface area contributed by atoms with E-state index in [2.05, 4.69) is 15.5 Å². The summed E-state index contributed by atoms with van der Waals surface area (Å²) in [6.45, 7) is 6.79. The summed E-state index contributed by atoms with van der Waals surface area (Å²) in [7, 11) is 0. The Morgan fingerprint density at radius 3 is 2.30 bits per heavy atom. The number of carbonyl (C=O) groups excluding carboxylic acids is 1. The molecule has 0 aromatic carbocycles. The van der Waals surface area contributed by atoms with E-state index in [0.29, 0.717) is 30.7 Å². The maximum Gasteiger partial charge on any atom is 0.410 e. The van der Waals surface area contributed by atoms with Gasteiger partial charge >= 0.3 is 12.3 Å². The van der Waals surface area contributed by atoms with Crippen molar-refractivity contribution < 1.29 is 22.7 Å². The molecular weight excluding hydrogens is 421 g/mol. The molecular formula is C20H26ClF3N4O2. The number of alkyl halides is 3. The number of nitrogens with zero attached hydrogens (tertiary/aromatic N) is 3. The molecule has 0 spiro atoms. The molecule has 3 atom stereocenters. The third kappa shape index (κ3) is 4.05. The van der Waals surface area contributed by atoms with Gasteiger partial charge in [0.2, 0.25) is 0 Å². The summed E-state index contributed by atoms with van der Waals surface area (Å²) in [5, 5.41) is 10.8. The van der Waals surface area contributed by atoms with Crippen molar-refractivity contribution in [3.8, 4) is 0 Å². The molecule has 1 amide bonds. The molecule has 2 heterocycles. The second-order valence-corrected chi connectivity index (χ2v) is 10.1. The van der Waals surface area contributed by atoms with Crippen LogP contribution in [0.2, 0.25) is 5.15 Å². The van der Waals surface area contributed by atoms with E-state index in [1.54, 1.807) is 4.90 Å². The number of anilines is 1. The number of ether oxygens (including phenoxy) is 1. The first-order valence-corrected chi connectivity index (χ1v) is 10.6. The Morgan fingerprint density at radius 1 is 1.20 bits per heavy atom. The number of nitrogens with one attached hydrogen (secondary N) is 1. The Kier molecular flexibility index (Phi) is 5.11. The quantitative estimate of drug-likeness (QED) is 0.723. The van der Waals surface area contributed by atoms with E-state index >= 15 is 0 Å². The van der Waals surface area contributed by atoms with Crippen molar-refractivity contribution in [2.45, 2.75) is 69.7 Å². The van der Waals surface area contributed by atoms with E-state index in [0.717, 1.165) is 12.8 Å². The second kappa shape index (κ2) is 7.14. The van der Waals surface area contributed by atoms with Crippen molar-refractivity contribution in [1.82, 2.24) is 15.1 Å². The zero-order valence-electron chi connectivity index (χ0n) is 17.2. The lowest BCUT2D eigenvalue weighted by atomic mass is 9.97. The molecule has 0 radical (unpaired) electrons. The lowest BCUT2D eigenvalue weighted by molar-refractivity contribution is -0.160. The molecule has 1 aliphatic heterocycles. The number of amides is 1. The average molecular weight is 447 g/mol. The van der Waals surface area contributed by atoms with Gasteiger partial charge in [-0.05, 0) is 64.4 Å². The van der Waals surface area contributed by atoms with Gasteiger partial charge in [-0.15, -0.1) is 10.2 Å². The molecule has 1 aromatic rings. The molecule has 6 nitrogen and oxygen atoms in total. The maximum absolute atomic E-state index is 13.5. The van der Waals surface area contributed by atoms with Crippen molar-refractivity contribution in [3.05, 3.63) is 16.8 Å². The van der Waals surface area contributed by atoms with E-state index in [1.807, 2.05) is 20.8 Å². The number of halogens is 4. The summed E-state index contributed by atoms with van der Waals surface area (Å²) in [5.41, 5.74) is -2.42. The Hall–Kier alpha value is -1.77. The number of hydrogen-bond donors (Lipinski definition) is 1. The number of aromatic nitrogens is 2. The zero-order chi connectivity index (χ0) is 21.9. The van der Waals surface area contributed by atoms with Crippen LogP contribution in [0.1, 0.15) is 52.0 Å². The molecule has 1 unspecified atom stereocenters. The van der Waals surface area contributed by atoms with Crippen molar-refractivity contribution in [2.75, 3.05) is 18.4 Å². The third-order valence-electron chi connectivity index (χ3n) is 6.31. The highest BCUT2D eigenvalue weighted by atomic mass is 35.5. The number of hydrogen-bond acceptors (Lipinski definition) is 5. The molecule has 2 aliphatic carbocycles. The summed E-state index contributed by atoms with van der Waals surface area (Å²) < 4.78 is 45.9. The highest BCUT2D eigenvalue weighted by Crippen LogP contribution is 2.60. The van der Waals surface area contributed by atoms with Crippen LogP contribution >= 0.6 is 11.6 Å². The highest BCUT2D eigenvalue weighted by Gasteiger charge is 2.65. The molecule has 1 aromatic heterocycles. The van der Waals surface area contributed by atoms with Crippen molar-refractivity contribution >= 4 is 23.5 Å². The zero-order valence-corrected chi connectivity index (χ0v) is 18.0. The van der Waals surface area contributed by atoms with Gasteiger partial charge in [-0.3, -0.25) is 0 Å². The maximum atomic E-state index is 13.5. The predicted octanol–water partition coefficient (Wildman–Crippen LogP) is 4.78. The fraction of sp³-hybridized carbons (Fsp3) is 0.750. The largest absolute Gasteiger partial charge is 0.444 e. The van der Waals surface area contributed by atoms with Gasteiger partial charge in [-0.1, -0.05) is 11.6 Å². The van der Waals surface area contributed by atoms with Crippen LogP contribution in [0.25, 0.3) is 0 Å². The van der Waals surface area contributed by atoms with Gasteiger partial charge in [0.1, 0.15) is 11.4 Å². The van der Waals surface area contributed by atoms with Crippen LogP contribution < -0.4 is 5.32 Å². The fourth-order valence-electron chi connectivity index (χ4n) is 4.72. The summed E-state index contributed by atoms with van der Waals surface area (Å²) in [5.74, 6) is 0.985. The lowest BCUT2D eigenvalue weighted by Crippen LogP contribution is -2.36. The molecule has 3 aliphatic rings. The number of carbonyl (C=O) groups is 1. The summed E-state index contributed by atoms with van der Waals surface area (Å²) in [6, 6.07) is 1.47. The van der Waals surface area contributed by atoms with Crippen LogP contribution in [-0.2, 0) is 10.2 Å². The monoisotopic (exact) mass is 446 g/mol. The smallest absolute Gasteiger partial charge is 0.410 e. The van der Waals surface area contributed by atoms with Crippen LogP contribution in [0, 0.1) is 11.8 Å². The topological polar surface area (TPSA) is 67.3 Å². The van der Waals surface area contributed by atoms with E-state index < -0.39 is 17.2 Å². The van der Waals surface area contributed by atoms with Gasteiger partial charge in [-0.25, -0.2) is 4.79 Å². The van der Waals surface area contributed by atoms with E-state index in [1.165, 1.54) is 6.07 Å². The molecule has 2 saturated carbocycles. The Morgan fingerprint density at radius 2 is 1.80 bits per heavy atom. The molecule has 1 N–H and O–H groups in total. The van der Waals surface area contributed by atoms with Crippen LogP contribution in [0.5, 0.6) is 0 Å². The molecule has 10 heteroatoms. The van der Waals surface area contributed by atoms with E-state index in [9.17, 15) is 18.0 Å². The van der Waals surface area contributed by atoms with Crippen LogP contribution in [0.3, 0.4) is 0 Å². The fourth-order valence-corrected chi connectivity index (χ4v) is 4.99. The first kappa shape index (κ1) is 21.5. The molecule has 4 rings (SSSR count). The Balaban J connectivity index is 1.38. The SMILES string of the molecule is CC(C)(C)OC(=O)N1C[C@H]2CC(Nc3cc(C4(C(F)(F)F)CC4)c(Cl)nn3)C[C@H]2C1. The highest BCUT2D eigenvalue weighted by molar-refractivity contribution is 6.30. The Labute approximate surface area is 178 Å². The first-order chi connectivity index (χ1) is 13.9. The van der Waals surface area contributed by atoms with Crippen molar-refractivity contribution in [1.29, 1.82) is 0 Å². The van der Waals surface area contributed by atoms with Gasteiger partial charge in [0.25, 0.3) is 0 Å². The minimum atomic E-state index is -4.35. The third-order valence-corrected chi connectivity index (χ3v) is 6.59. The predicted molar refractivity (Wildman–Crippen MR) is 105 cm³/mol. The minimum absolute atomic E-state index is 0.00320. The molecule has 1 saturated heterocycles. The number of likely N-dealkylation sites (tertiary alicyclic amines) is 1. The second-order valence-electron chi connectivity index (χ2n) is 9.73. The van der Waals surface area contributed by atoms with Gasteiger partial charge in [0, 0.05) is 24.7 Å². The minimum Gasteiger partial charge on any atom is -0.444 e. The van der Waals surface area contributed by atoms with Gasteiger partial charge in [0.05, 0.1) is 5.41 Å². The lowest BCUT2D eigenvalue weighted by Gasteiger charge is -2.25. The average Bonchev–Trinajstić information content (AvgIpc) is 3.20. The normalized spacial score (nSPS) is 27.7. The standard InChI is InChI=1S/C20H26ClF3N4O2/c1-18(2,3)30-17(29)28-9-11-6-13(7-12(11)10-28)25-15-8-14(16(21)27-26-15)19(4-5-19)20(22,23)24/h8,11-13H,4-7,9-10H2,1-3H3,(H,25,26)/t11-,12+,13?.